The van der Waals surface area contributed by atoms with Crippen molar-refractivity contribution in [3.05, 3.63) is 28.2 Å². The molecule has 7 nitrogen and oxygen atoms in total. The van der Waals surface area contributed by atoms with Gasteiger partial charge in [0.05, 0.1) is 5.56 Å². The zero-order chi connectivity index (χ0) is 14.4. The second kappa shape index (κ2) is 6.74. The number of amides is 2. The Bertz CT molecular complexity index is 518. The molecule has 0 saturated carbocycles. The average Bonchev–Trinajstić information content (AvgIpc) is 2.36. The number of nitrogens with one attached hydrogen (secondary N) is 2. The summed E-state index contributed by atoms with van der Waals surface area (Å²) in [4.78, 5) is 32.9. The fraction of sp³-hybridized carbons (Fsp3) is 0.182. The summed E-state index contributed by atoms with van der Waals surface area (Å²) in [6.45, 7) is 0. The van der Waals surface area contributed by atoms with Crippen LogP contribution in [0.1, 0.15) is 23.2 Å². The first-order chi connectivity index (χ1) is 8.90. The summed E-state index contributed by atoms with van der Waals surface area (Å²) in [6.07, 6.45) is -0.753. The molecule has 1 rings (SSSR count). The predicted octanol–water partition coefficient (Wildman–Crippen LogP) is -0.554. The van der Waals surface area contributed by atoms with Gasteiger partial charge < -0.3 is 15.0 Å². The second-order valence-electron chi connectivity index (χ2n) is 3.54. The third-order valence-electron chi connectivity index (χ3n) is 2.07. The molecule has 19 heavy (non-hydrogen) atoms. The molecule has 1 aromatic carbocycles. The van der Waals surface area contributed by atoms with Crippen molar-refractivity contribution >= 4 is 33.7 Å². The summed E-state index contributed by atoms with van der Waals surface area (Å²) in [7, 11) is 0. The smallest absolute Gasteiger partial charge is 0.273 e. The summed E-state index contributed by atoms with van der Waals surface area (Å²) in [6, 6.07) is 4.24. The third kappa shape index (κ3) is 4.96. The van der Waals surface area contributed by atoms with Crippen LogP contribution in [0.25, 0.3) is 0 Å². The lowest BCUT2D eigenvalue weighted by molar-refractivity contribution is -0.305. The van der Waals surface area contributed by atoms with E-state index in [2.05, 4.69) is 21.4 Å². The molecule has 0 aliphatic carbocycles. The molecule has 0 aromatic heterocycles. The van der Waals surface area contributed by atoms with Crippen molar-refractivity contribution in [1.82, 2.24) is 10.9 Å². The second-order valence-corrected chi connectivity index (χ2v) is 4.45. The zero-order valence-electron chi connectivity index (χ0n) is 9.60. The van der Waals surface area contributed by atoms with E-state index in [1.165, 1.54) is 12.1 Å². The summed E-state index contributed by atoms with van der Waals surface area (Å²) in [5.41, 5.74) is 4.05. The van der Waals surface area contributed by atoms with E-state index in [-0.39, 0.29) is 17.7 Å². The standard InChI is InChI=1S/C11H11BrN2O5/c12-6-1-2-8(15)7(5-6)11(19)14-13-9(16)3-4-10(17)18/h1-2,5,15H,3-4H2,(H,13,16)(H,14,19)(H,17,18)/p-1. The van der Waals surface area contributed by atoms with Gasteiger partial charge in [0.15, 0.2) is 0 Å². The highest BCUT2D eigenvalue weighted by Crippen LogP contribution is 2.21. The Morgan fingerprint density at radius 1 is 1.21 bits per heavy atom. The topological polar surface area (TPSA) is 119 Å². The summed E-state index contributed by atoms with van der Waals surface area (Å²) in [5, 5.41) is 19.6. The zero-order valence-corrected chi connectivity index (χ0v) is 11.2. The number of aromatic hydroxyl groups is 1. The van der Waals surface area contributed by atoms with E-state index in [1.807, 2.05) is 5.43 Å². The van der Waals surface area contributed by atoms with E-state index in [0.29, 0.717) is 4.47 Å². The van der Waals surface area contributed by atoms with Crippen LogP contribution in [0, 0.1) is 0 Å². The molecule has 0 aliphatic rings. The molecule has 0 unspecified atom stereocenters. The number of rotatable bonds is 4. The molecule has 0 atom stereocenters. The molecule has 1 aromatic rings. The van der Waals surface area contributed by atoms with Gasteiger partial charge in [-0.1, -0.05) is 15.9 Å². The maximum absolute atomic E-state index is 11.6. The number of benzene rings is 1. The monoisotopic (exact) mass is 329 g/mol. The van der Waals surface area contributed by atoms with Gasteiger partial charge in [-0.3, -0.25) is 20.4 Å². The Hall–Kier alpha value is -2.09. The summed E-state index contributed by atoms with van der Waals surface area (Å²) in [5.74, 6) is -3.00. The number of hydrogen-bond acceptors (Lipinski definition) is 5. The van der Waals surface area contributed by atoms with Gasteiger partial charge in [0.25, 0.3) is 5.91 Å². The van der Waals surface area contributed by atoms with E-state index in [0.717, 1.165) is 0 Å². The Morgan fingerprint density at radius 3 is 2.53 bits per heavy atom. The van der Waals surface area contributed by atoms with Crippen molar-refractivity contribution in [2.75, 3.05) is 0 Å². The number of carboxylic acids is 1. The molecule has 8 heteroatoms. The molecule has 0 saturated heterocycles. The van der Waals surface area contributed by atoms with Crippen LogP contribution in [-0.2, 0) is 9.59 Å². The fourth-order valence-corrected chi connectivity index (χ4v) is 1.52. The average molecular weight is 330 g/mol. The van der Waals surface area contributed by atoms with Crippen LogP contribution in [-0.4, -0.2) is 22.9 Å². The molecule has 0 radical (unpaired) electrons. The van der Waals surface area contributed by atoms with Crippen molar-refractivity contribution in [2.45, 2.75) is 12.8 Å². The number of carbonyl (C=O) groups excluding carboxylic acids is 3. The van der Waals surface area contributed by atoms with Crippen molar-refractivity contribution in [3.8, 4) is 5.75 Å². The van der Waals surface area contributed by atoms with Crippen molar-refractivity contribution in [2.24, 2.45) is 0 Å². The van der Waals surface area contributed by atoms with E-state index in [1.54, 1.807) is 6.07 Å². The van der Waals surface area contributed by atoms with Gasteiger partial charge in [-0.15, -0.1) is 0 Å². The molecule has 0 spiro atoms. The van der Waals surface area contributed by atoms with Gasteiger partial charge in [-0.25, -0.2) is 0 Å². The first kappa shape index (κ1) is 15.0. The largest absolute Gasteiger partial charge is 0.550 e. The first-order valence-corrected chi connectivity index (χ1v) is 5.97. The van der Waals surface area contributed by atoms with Gasteiger partial charge in [-0.05, 0) is 24.6 Å². The van der Waals surface area contributed by atoms with Gasteiger partial charge >= 0.3 is 0 Å². The Kier molecular flexibility index (Phi) is 5.31. The number of phenolic OH excluding ortho intramolecular Hbond substituents is 1. The van der Waals surface area contributed by atoms with Crippen molar-refractivity contribution in [3.63, 3.8) is 0 Å². The van der Waals surface area contributed by atoms with E-state index in [4.69, 9.17) is 0 Å². The van der Waals surface area contributed by atoms with Crippen LogP contribution in [0.5, 0.6) is 5.75 Å². The lowest BCUT2D eigenvalue weighted by Crippen LogP contribution is -2.42. The third-order valence-corrected chi connectivity index (χ3v) is 2.57. The number of hydrazine groups is 1. The van der Waals surface area contributed by atoms with Crippen LogP contribution in [0.2, 0.25) is 0 Å². The number of carbonyl (C=O) groups is 3. The van der Waals surface area contributed by atoms with Crippen LogP contribution in [0.3, 0.4) is 0 Å². The van der Waals surface area contributed by atoms with Gasteiger partial charge in [0.1, 0.15) is 5.75 Å². The fourth-order valence-electron chi connectivity index (χ4n) is 1.16. The SMILES string of the molecule is O=C([O-])CCC(=O)NNC(=O)c1cc(Br)ccc1O. The number of carboxylic acid groups (broad SMARTS) is 1. The normalized spacial score (nSPS) is 9.74. The van der Waals surface area contributed by atoms with Crippen LogP contribution >= 0.6 is 15.9 Å². The molecule has 0 fully saturated rings. The number of halogens is 1. The number of hydrogen-bond donors (Lipinski definition) is 3. The molecule has 102 valence electrons. The number of phenols is 1. The minimum atomic E-state index is -1.36. The minimum absolute atomic E-state index is 0.0328. The molecule has 2 amide bonds. The Morgan fingerprint density at radius 2 is 1.89 bits per heavy atom. The molecular weight excluding hydrogens is 320 g/mol. The molecule has 0 aliphatic heterocycles. The van der Waals surface area contributed by atoms with Crippen molar-refractivity contribution < 1.29 is 24.6 Å². The maximum Gasteiger partial charge on any atom is 0.273 e. The molecular formula is C11H10BrN2O5-. The van der Waals surface area contributed by atoms with E-state index < -0.39 is 24.2 Å². The van der Waals surface area contributed by atoms with Gasteiger partial charge in [0, 0.05) is 16.9 Å². The molecule has 0 heterocycles. The number of aliphatic carboxylic acids is 1. The highest BCUT2D eigenvalue weighted by atomic mass is 79.9. The highest BCUT2D eigenvalue weighted by molar-refractivity contribution is 9.10. The van der Waals surface area contributed by atoms with E-state index in [9.17, 15) is 24.6 Å². The van der Waals surface area contributed by atoms with Gasteiger partial charge in [0.2, 0.25) is 5.91 Å². The van der Waals surface area contributed by atoms with Crippen LogP contribution < -0.4 is 16.0 Å². The predicted molar refractivity (Wildman–Crippen MR) is 65.7 cm³/mol. The highest BCUT2D eigenvalue weighted by Gasteiger charge is 2.12. The Labute approximate surface area is 116 Å². The molecule has 0 bridgehead atoms. The van der Waals surface area contributed by atoms with Crippen LogP contribution in [0.4, 0.5) is 0 Å². The summed E-state index contributed by atoms with van der Waals surface area (Å²) < 4.78 is 0.582. The lowest BCUT2D eigenvalue weighted by atomic mass is 10.2. The Balaban J connectivity index is 2.53. The van der Waals surface area contributed by atoms with Gasteiger partial charge in [-0.2, -0.15) is 0 Å². The van der Waals surface area contributed by atoms with Crippen LogP contribution in [0.15, 0.2) is 22.7 Å². The maximum atomic E-state index is 11.6. The quantitative estimate of drug-likeness (QED) is 0.640. The first-order valence-electron chi connectivity index (χ1n) is 5.17. The van der Waals surface area contributed by atoms with E-state index >= 15 is 0 Å². The minimum Gasteiger partial charge on any atom is -0.550 e. The van der Waals surface area contributed by atoms with Crippen molar-refractivity contribution in [1.29, 1.82) is 0 Å². The summed E-state index contributed by atoms with van der Waals surface area (Å²) >= 11 is 3.13. The lowest BCUT2D eigenvalue weighted by Gasteiger charge is -2.09. The molecule has 3 N–H and O–H groups in total.